The van der Waals surface area contributed by atoms with Crippen molar-refractivity contribution in [3.8, 4) is 28.6 Å². The first-order valence-electron chi connectivity index (χ1n) is 10.6. The number of thioether (sulfide) groups is 1. The van der Waals surface area contributed by atoms with E-state index in [1.54, 1.807) is 34.9 Å². The molecule has 1 aromatic heterocycles. The van der Waals surface area contributed by atoms with Gasteiger partial charge in [0.05, 0.1) is 5.75 Å². The van der Waals surface area contributed by atoms with Gasteiger partial charge in [-0.05, 0) is 54.6 Å². The van der Waals surface area contributed by atoms with Crippen LogP contribution in [-0.2, 0) is 9.53 Å². The third-order valence-corrected chi connectivity index (χ3v) is 6.03. The molecule has 0 unspecified atom stereocenters. The van der Waals surface area contributed by atoms with Crippen LogP contribution in [0.3, 0.4) is 0 Å². The van der Waals surface area contributed by atoms with Crippen LogP contribution < -0.4 is 9.47 Å². The summed E-state index contributed by atoms with van der Waals surface area (Å²) in [5.74, 6) is 0.190. The molecule has 0 saturated carbocycles. The van der Waals surface area contributed by atoms with E-state index in [2.05, 4.69) is 10.2 Å². The molecule has 0 radical (unpaired) electrons. The van der Waals surface area contributed by atoms with Gasteiger partial charge in [0.2, 0.25) is 6.79 Å². The van der Waals surface area contributed by atoms with E-state index >= 15 is 0 Å². The van der Waals surface area contributed by atoms with Crippen LogP contribution in [0.15, 0.2) is 78.0 Å². The van der Waals surface area contributed by atoms with Crippen molar-refractivity contribution in [3.63, 3.8) is 0 Å². The third kappa shape index (κ3) is 5.02. The Balaban J connectivity index is 1.26. The number of carbonyl (C=O) groups excluding carboxylic acids is 2. The van der Waals surface area contributed by atoms with Gasteiger partial charge in [0, 0.05) is 16.8 Å². The number of esters is 1. The molecule has 35 heavy (non-hydrogen) atoms. The van der Waals surface area contributed by atoms with Gasteiger partial charge in [0.25, 0.3) is 0 Å². The summed E-state index contributed by atoms with van der Waals surface area (Å²) in [4.78, 5) is 24.8. The highest BCUT2D eigenvalue weighted by atomic mass is 32.2. The highest BCUT2D eigenvalue weighted by Gasteiger charge is 2.20. The molecule has 176 valence electrons. The lowest BCUT2D eigenvalue weighted by molar-refractivity contribution is -0.139. The molecule has 0 saturated heterocycles. The van der Waals surface area contributed by atoms with Gasteiger partial charge in [-0.25, -0.2) is 4.39 Å². The number of fused-ring (bicyclic) bond motifs is 1. The van der Waals surface area contributed by atoms with Crippen LogP contribution in [-0.4, -0.2) is 45.7 Å². The number of nitrogens with zero attached hydrogens (tertiary/aromatic N) is 3. The first kappa shape index (κ1) is 22.6. The molecular formula is C25H18FN3O5S. The van der Waals surface area contributed by atoms with E-state index in [0.717, 1.165) is 17.4 Å². The number of Topliss-reactive ketones (excluding diaryl/α,β-unsaturated/α-hetero) is 1. The van der Waals surface area contributed by atoms with Gasteiger partial charge in [0.15, 0.2) is 34.9 Å². The van der Waals surface area contributed by atoms with E-state index in [9.17, 15) is 14.0 Å². The lowest BCUT2D eigenvalue weighted by Gasteiger charge is -2.10. The normalized spacial score (nSPS) is 11.9. The smallest absolute Gasteiger partial charge is 0.316 e. The maximum atomic E-state index is 13.4. The largest absolute Gasteiger partial charge is 0.457 e. The van der Waals surface area contributed by atoms with Crippen LogP contribution in [0.2, 0.25) is 0 Å². The zero-order valence-electron chi connectivity index (χ0n) is 18.2. The highest BCUT2D eigenvalue weighted by molar-refractivity contribution is 7.99. The molecule has 0 atom stereocenters. The molecule has 5 rings (SSSR count). The number of hydrogen-bond donors (Lipinski definition) is 0. The summed E-state index contributed by atoms with van der Waals surface area (Å²) < 4.78 is 30.9. The number of para-hydroxylation sites is 1. The number of halogens is 1. The fraction of sp³-hybridized carbons (Fsp3) is 0.120. The van der Waals surface area contributed by atoms with Gasteiger partial charge >= 0.3 is 5.97 Å². The number of rotatable bonds is 8. The molecular weight excluding hydrogens is 473 g/mol. The molecule has 0 bridgehead atoms. The van der Waals surface area contributed by atoms with Crippen molar-refractivity contribution < 1.29 is 28.2 Å². The first-order valence-corrected chi connectivity index (χ1v) is 11.5. The Morgan fingerprint density at radius 3 is 2.54 bits per heavy atom. The van der Waals surface area contributed by atoms with Crippen LogP contribution in [0.4, 0.5) is 4.39 Å². The summed E-state index contributed by atoms with van der Waals surface area (Å²) in [7, 11) is 0. The summed E-state index contributed by atoms with van der Waals surface area (Å²) in [5, 5.41) is 8.93. The van der Waals surface area contributed by atoms with E-state index < -0.39 is 12.6 Å². The topological polar surface area (TPSA) is 92.5 Å². The maximum absolute atomic E-state index is 13.4. The predicted molar refractivity (Wildman–Crippen MR) is 125 cm³/mol. The van der Waals surface area contributed by atoms with Gasteiger partial charge in [-0.3, -0.25) is 14.2 Å². The van der Waals surface area contributed by atoms with E-state index in [1.807, 2.05) is 30.3 Å². The fourth-order valence-corrected chi connectivity index (χ4v) is 4.17. The number of hydrogen-bond acceptors (Lipinski definition) is 8. The number of carbonyl (C=O) groups is 2. The number of ether oxygens (including phenoxy) is 3. The Kier molecular flexibility index (Phi) is 6.44. The summed E-state index contributed by atoms with van der Waals surface area (Å²) in [6, 6.07) is 20.1. The quantitative estimate of drug-likeness (QED) is 0.204. The molecule has 1 aliphatic heterocycles. The van der Waals surface area contributed by atoms with Crippen molar-refractivity contribution in [2.75, 3.05) is 19.2 Å². The first-order chi connectivity index (χ1) is 17.1. The molecule has 4 aromatic rings. The molecule has 0 N–H and O–H groups in total. The minimum Gasteiger partial charge on any atom is -0.457 e. The molecule has 0 spiro atoms. The highest BCUT2D eigenvalue weighted by Crippen LogP contribution is 2.32. The molecule has 0 fully saturated rings. The van der Waals surface area contributed by atoms with E-state index in [4.69, 9.17) is 14.2 Å². The van der Waals surface area contributed by atoms with E-state index in [-0.39, 0.29) is 24.1 Å². The third-order valence-electron chi connectivity index (χ3n) is 5.13. The van der Waals surface area contributed by atoms with Crippen molar-refractivity contribution >= 4 is 23.5 Å². The molecule has 8 nitrogen and oxygen atoms in total. The number of ketones is 1. The van der Waals surface area contributed by atoms with E-state index in [1.165, 1.54) is 12.1 Å². The van der Waals surface area contributed by atoms with E-state index in [0.29, 0.717) is 33.6 Å². The second kappa shape index (κ2) is 9.98. The van der Waals surface area contributed by atoms with Gasteiger partial charge in [-0.2, -0.15) is 0 Å². The molecule has 1 aliphatic rings. The zero-order chi connectivity index (χ0) is 24.2. The van der Waals surface area contributed by atoms with Crippen molar-refractivity contribution in [1.82, 2.24) is 14.8 Å². The Morgan fingerprint density at radius 2 is 1.74 bits per heavy atom. The van der Waals surface area contributed by atoms with Crippen LogP contribution in [0, 0.1) is 5.82 Å². The summed E-state index contributed by atoms with van der Waals surface area (Å²) in [5.41, 5.74) is 1.82. The molecule has 3 aromatic carbocycles. The van der Waals surface area contributed by atoms with Crippen LogP contribution in [0.1, 0.15) is 10.4 Å². The summed E-state index contributed by atoms with van der Waals surface area (Å²) in [6.07, 6.45) is 0. The lowest BCUT2D eigenvalue weighted by atomic mass is 10.1. The Morgan fingerprint density at radius 1 is 0.971 bits per heavy atom. The molecule has 0 aliphatic carbocycles. The van der Waals surface area contributed by atoms with Gasteiger partial charge in [0.1, 0.15) is 5.82 Å². The van der Waals surface area contributed by atoms with Gasteiger partial charge < -0.3 is 14.2 Å². The average Bonchev–Trinajstić information content (AvgIpc) is 3.53. The number of benzene rings is 3. The average molecular weight is 492 g/mol. The zero-order valence-corrected chi connectivity index (χ0v) is 19.0. The van der Waals surface area contributed by atoms with Crippen molar-refractivity contribution in [3.05, 3.63) is 84.2 Å². The molecule has 2 heterocycles. The SMILES string of the molecule is O=C(CSc1nnc(-c2ccc(F)cc2)n1-c1ccccc1)OCC(=O)c1ccc2c(c1)OCO2. The van der Waals surface area contributed by atoms with Gasteiger partial charge in [-0.15, -0.1) is 10.2 Å². The second-order valence-corrected chi connectivity index (χ2v) is 8.37. The van der Waals surface area contributed by atoms with Crippen molar-refractivity contribution in [1.29, 1.82) is 0 Å². The van der Waals surface area contributed by atoms with Gasteiger partial charge in [-0.1, -0.05) is 30.0 Å². The fourth-order valence-electron chi connectivity index (χ4n) is 3.42. The summed E-state index contributed by atoms with van der Waals surface area (Å²) >= 11 is 1.13. The maximum Gasteiger partial charge on any atom is 0.316 e. The minimum atomic E-state index is -0.574. The Bertz CT molecular complexity index is 1380. The minimum absolute atomic E-state index is 0.0806. The van der Waals surface area contributed by atoms with Crippen LogP contribution >= 0.6 is 11.8 Å². The van der Waals surface area contributed by atoms with Crippen molar-refractivity contribution in [2.24, 2.45) is 0 Å². The predicted octanol–water partition coefficient (Wildman–Crippen LogP) is 4.32. The summed E-state index contributed by atoms with van der Waals surface area (Å²) in [6.45, 7) is -0.291. The molecule has 10 heteroatoms. The van der Waals surface area contributed by atoms with Crippen LogP contribution in [0.5, 0.6) is 11.5 Å². The van der Waals surface area contributed by atoms with Crippen LogP contribution in [0.25, 0.3) is 17.1 Å². The lowest BCUT2D eigenvalue weighted by Crippen LogP contribution is -2.15. The molecule has 0 amide bonds. The standard InChI is InChI=1S/C25H18FN3O5S/c26-18-9-6-16(7-10-18)24-27-28-25(29(24)19-4-2-1-3-5-19)35-14-23(31)32-13-20(30)17-8-11-21-22(12-17)34-15-33-21/h1-12H,13-15H2. The van der Waals surface area contributed by atoms with Crippen molar-refractivity contribution in [2.45, 2.75) is 5.16 Å². The Hall–Kier alpha value is -4.18. The second-order valence-electron chi connectivity index (χ2n) is 7.42. The number of aromatic nitrogens is 3. The Labute approximate surface area is 203 Å². The monoisotopic (exact) mass is 491 g/mol.